The second kappa shape index (κ2) is 5.39. The van der Waals surface area contributed by atoms with Gasteiger partial charge in [0.25, 0.3) is 5.91 Å². The molecule has 1 aromatic carbocycles. The van der Waals surface area contributed by atoms with Crippen LogP contribution in [0.4, 0.5) is 0 Å². The van der Waals surface area contributed by atoms with Gasteiger partial charge in [-0.1, -0.05) is 12.1 Å². The number of hydrogen-bond acceptors (Lipinski definition) is 4. The van der Waals surface area contributed by atoms with Crippen LogP contribution in [0.5, 0.6) is 5.75 Å². The van der Waals surface area contributed by atoms with Crippen LogP contribution in [0.2, 0.25) is 0 Å². The summed E-state index contributed by atoms with van der Waals surface area (Å²) in [5, 5.41) is 13.1. The summed E-state index contributed by atoms with van der Waals surface area (Å²) in [5.41, 5.74) is 3.57. The molecule has 2 N–H and O–H groups in total. The Morgan fingerprint density at radius 3 is 2.79 bits per heavy atom. The zero-order valence-electron chi connectivity index (χ0n) is 10.7. The molecule has 0 aliphatic rings. The molecule has 2 rings (SSSR count). The molecule has 0 unspecified atom stereocenters. The summed E-state index contributed by atoms with van der Waals surface area (Å²) in [6.45, 7) is 3.50. The molecule has 0 saturated carbocycles. The molecule has 0 spiro atoms. The lowest BCUT2D eigenvalue weighted by molar-refractivity contribution is 0.0953. The number of carbonyl (C=O) groups is 1. The molecule has 1 amide bonds. The van der Waals surface area contributed by atoms with E-state index in [1.807, 2.05) is 0 Å². The molecule has 1 heterocycles. The molecule has 0 bridgehead atoms. The highest BCUT2D eigenvalue weighted by atomic mass is 16.3. The summed E-state index contributed by atoms with van der Waals surface area (Å²) in [5.74, 6) is 1.06. The van der Waals surface area contributed by atoms with Crippen molar-refractivity contribution in [3.8, 4) is 5.75 Å². The van der Waals surface area contributed by atoms with Gasteiger partial charge in [-0.2, -0.15) is 5.10 Å². The number of hydrogen-bond donors (Lipinski definition) is 2. The van der Waals surface area contributed by atoms with Crippen LogP contribution in [0.25, 0.3) is 0 Å². The molecule has 0 aliphatic carbocycles. The standard InChI is InChI=1S/C14H14N2O3/c1-9-6-13(10(2)19-9)14(18)16-15-8-11-4-3-5-12(17)7-11/h3-8,17H,1-2H3,(H,16,18). The van der Waals surface area contributed by atoms with Gasteiger partial charge in [-0.15, -0.1) is 0 Å². The minimum absolute atomic E-state index is 0.150. The zero-order chi connectivity index (χ0) is 13.8. The lowest BCUT2D eigenvalue weighted by Gasteiger charge is -1.97. The van der Waals surface area contributed by atoms with Gasteiger partial charge in [-0.25, -0.2) is 5.43 Å². The highest BCUT2D eigenvalue weighted by molar-refractivity contribution is 5.95. The Bertz CT molecular complexity index is 629. The first kappa shape index (κ1) is 12.9. The molecule has 98 valence electrons. The van der Waals surface area contributed by atoms with Crippen LogP contribution in [-0.2, 0) is 0 Å². The van der Waals surface area contributed by atoms with Gasteiger partial charge in [-0.05, 0) is 37.6 Å². The molecule has 5 nitrogen and oxygen atoms in total. The smallest absolute Gasteiger partial charge is 0.274 e. The van der Waals surface area contributed by atoms with Crippen molar-refractivity contribution in [2.45, 2.75) is 13.8 Å². The first-order valence-electron chi connectivity index (χ1n) is 5.76. The lowest BCUT2D eigenvalue weighted by Crippen LogP contribution is -2.17. The Morgan fingerprint density at radius 1 is 1.37 bits per heavy atom. The molecule has 0 radical (unpaired) electrons. The number of carbonyl (C=O) groups excluding carboxylic acids is 1. The van der Waals surface area contributed by atoms with E-state index in [9.17, 15) is 9.90 Å². The van der Waals surface area contributed by atoms with E-state index in [0.29, 0.717) is 22.6 Å². The number of furan rings is 1. The van der Waals surface area contributed by atoms with E-state index in [-0.39, 0.29) is 11.7 Å². The second-order valence-corrected chi connectivity index (χ2v) is 4.12. The number of aromatic hydroxyl groups is 1. The van der Waals surface area contributed by atoms with E-state index in [1.54, 1.807) is 44.2 Å². The quantitative estimate of drug-likeness (QED) is 0.655. The summed E-state index contributed by atoms with van der Waals surface area (Å²) >= 11 is 0. The number of rotatable bonds is 3. The first-order valence-corrected chi connectivity index (χ1v) is 5.76. The van der Waals surface area contributed by atoms with Gasteiger partial charge in [0.05, 0.1) is 11.8 Å². The summed E-state index contributed by atoms with van der Waals surface area (Å²) in [7, 11) is 0. The van der Waals surface area contributed by atoms with Crippen molar-refractivity contribution >= 4 is 12.1 Å². The molecule has 0 atom stereocenters. The summed E-state index contributed by atoms with van der Waals surface area (Å²) < 4.78 is 5.27. The molecular formula is C14H14N2O3. The fourth-order valence-corrected chi connectivity index (χ4v) is 1.69. The van der Waals surface area contributed by atoms with E-state index >= 15 is 0 Å². The monoisotopic (exact) mass is 258 g/mol. The number of amides is 1. The Hall–Kier alpha value is -2.56. The predicted octanol–water partition coefficient (Wildman–Crippen LogP) is 2.37. The third kappa shape index (κ3) is 3.22. The van der Waals surface area contributed by atoms with Crippen LogP contribution in [0.3, 0.4) is 0 Å². The first-order chi connectivity index (χ1) is 9.06. The topological polar surface area (TPSA) is 74.8 Å². The number of aryl methyl sites for hydroxylation is 2. The minimum Gasteiger partial charge on any atom is -0.508 e. The van der Waals surface area contributed by atoms with Gasteiger partial charge in [0.15, 0.2) is 0 Å². The van der Waals surface area contributed by atoms with Crippen molar-refractivity contribution in [3.63, 3.8) is 0 Å². The minimum atomic E-state index is -0.328. The summed E-state index contributed by atoms with van der Waals surface area (Å²) in [6, 6.07) is 8.23. The van der Waals surface area contributed by atoms with Crippen molar-refractivity contribution in [2.75, 3.05) is 0 Å². The van der Waals surface area contributed by atoms with E-state index < -0.39 is 0 Å². The van der Waals surface area contributed by atoms with Gasteiger partial charge in [0.2, 0.25) is 0 Å². The van der Waals surface area contributed by atoms with Crippen molar-refractivity contribution in [1.82, 2.24) is 5.43 Å². The van der Waals surface area contributed by atoms with E-state index in [2.05, 4.69) is 10.5 Å². The Kier molecular flexibility index (Phi) is 3.66. The lowest BCUT2D eigenvalue weighted by atomic mass is 10.2. The fraction of sp³-hybridized carbons (Fsp3) is 0.143. The van der Waals surface area contributed by atoms with Crippen LogP contribution < -0.4 is 5.43 Å². The fourth-order valence-electron chi connectivity index (χ4n) is 1.69. The predicted molar refractivity (Wildman–Crippen MR) is 71.3 cm³/mol. The molecule has 19 heavy (non-hydrogen) atoms. The highest BCUT2D eigenvalue weighted by Gasteiger charge is 2.12. The maximum Gasteiger partial charge on any atom is 0.274 e. The number of nitrogens with zero attached hydrogens (tertiary/aromatic N) is 1. The second-order valence-electron chi connectivity index (χ2n) is 4.12. The van der Waals surface area contributed by atoms with Crippen LogP contribution in [0.15, 0.2) is 39.9 Å². The maximum atomic E-state index is 11.8. The third-order valence-corrected chi connectivity index (χ3v) is 2.54. The summed E-state index contributed by atoms with van der Waals surface area (Å²) in [6.07, 6.45) is 1.46. The van der Waals surface area contributed by atoms with E-state index in [4.69, 9.17) is 4.42 Å². The van der Waals surface area contributed by atoms with Crippen molar-refractivity contribution in [2.24, 2.45) is 5.10 Å². The van der Waals surface area contributed by atoms with Crippen LogP contribution in [0.1, 0.15) is 27.4 Å². The van der Waals surface area contributed by atoms with Crippen LogP contribution >= 0.6 is 0 Å². The van der Waals surface area contributed by atoms with Crippen molar-refractivity contribution < 1.29 is 14.3 Å². The average molecular weight is 258 g/mol. The van der Waals surface area contributed by atoms with Gasteiger partial charge in [0.1, 0.15) is 17.3 Å². The molecule has 5 heteroatoms. The van der Waals surface area contributed by atoms with Gasteiger partial charge in [0, 0.05) is 0 Å². The molecule has 0 aliphatic heterocycles. The molecule has 0 saturated heterocycles. The SMILES string of the molecule is Cc1cc(C(=O)NN=Cc2cccc(O)c2)c(C)o1. The number of phenolic OH excluding ortho intramolecular Hbond substituents is 1. The number of benzene rings is 1. The van der Waals surface area contributed by atoms with Crippen LogP contribution in [-0.4, -0.2) is 17.2 Å². The van der Waals surface area contributed by atoms with Gasteiger partial charge >= 0.3 is 0 Å². The van der Waals surface area contributed by atoms with E-state index in [0.717, 1.165) is 0 Å². The van der Waals surface area contributed by atoms with Gasteiger partial charge < -0.3 is 9.52 Å². The normalized spacial score (nSPS) is 10.8. The number of hydrazone groups is 1. The average Bonchev–Trinajstić information content (AvgIpc) is 2.68. The zero-order valence-corrected chi connectivity index (χ0v) is 10.7. The number of phenols is 1. The molecule has 0 fully saturated rings. The van der Waals surface area contributed by atoms with E-state index in [1.165, 1.54) is 6.21 Å². The number of nitrogens with one attached hydrogen (secondary N) is 1. The third-order valence-electron chi connectivity index (χ3n) is 2.54. The van der Waals surface area contributed by atoms with Gasteiger partial charge in [-0.3, -0.25) is 4.79 Å². The largest absolute Gasteiger partial charge is 0.508 e. The Labute approximate surface area is 110 Å². The molecular weight excluding hydrogens is 244 g/mol. The maximum absolute atomic E-state index is 11.8. The Morgan fingerprint density at radius 2 is 2.16 bits per heavy atom. The highest BCUT2D eigenvalue weighted by Crippen LogP contribution is 2.13. The molecule has 1 aromatic heterocycles. The van der Waals surface area contributed by atoms with Crippen molar-refractivity contribution in [3.05, 3.63) is 53.0 Å². The van der Waals surface area contributed by atoms with Crippen molar-refractivity contribution in [1.29, 1.82) is 0 Å². The van der Waals surface area contributed by atoms with Crippen LogP contribution in [0, 0.1) is 13.8 Å². The summed E-state index contributed by atoms with van der Waals surface area (Å²) in [4.78, 5) is 11.8. The Balaban J connectivity index is 2.03. The molecule has 2 aromatic rings.